The fraction of sp³-hybridized carbons (Fsp3) is 0.733. The molecule has 1 N–H and O–H groups in total. The van der Waals surface area contributed by atoms with Gasteiger partial charge in [0.2, 0.25) is 5.82 Å². The second-order valence-electron chi connectivity index (χ2n) is 9.48. The summed E-state index contributed by atoms with van der Waals surface area (Å²) in [7, 11) is 4.98. The van der Waals surface area contributed by atoms with Crippen molar-refractivity contribution in [3.05, 3.63) is 30.9 Å². The van der Waals surface area contributed by atoms with Gasteiger partial charge in [0.1, 0.15) is 6.10 Å². The second-order valence-corrected chi connectivity index (χ2v) is 9.48. The number of nitrogens with zero attached hydrogens (tertiary/aromatic N) is 2. The number of methoxy groups -OCH3 is 2. The van der Waals surface area contributed by atoms with Crippen LogP contribution in [0, 0.1) is 22.7 Å². The summed E-state index contributed by atoms with van der Waals surface area (Å²) in [4.78, 5) is 8.66. The van der Waals surface area contributed by atoms with Crippen LogP contribution in [0.2, 0.25) is 0 Å². The molecule has 0 amide bonds. The average Bonchev–Trinajstić information content (AvgIpc) is 2.83. The lowest BCUT2D eigenvalue weighted by Gasteiger charge is -2.39. The van der Waals surface area contributed by atoms with Gasteiger partial charge >= 0.3 is 0 Å². The molecule has 2 fully saturated rings. The van der Waals surface area contributed by atoms with Gasteiger partial charge in [0.25, 0.3) is 0 Å². The zero-order valence-electron chi connectivity index (χ0n) is 25.7. The van der Waals surface area contributed by atoms with E-state index in [1.54, 1.807) is 39.8 Å². The summed E-state index contributed by atoms with van der Waals surface area (Å²) in [6.45, 7) is 24.5. The Labute approximate surface area is 228 Å². The van der Waals surface area contributed by atoms with E-state index in [2.05, 4.69) is 66.1 Å². The summed E-state index contributed by atoms with van der Waals surface area (Å²) in [5.74, 6) is 7.65. The van der Waals surface area contributed by atoms with Crippen molar-refractivity contribution >= 4 is 0 Å². The molecule has 0 bridgehead atoms. The summed E-state index contributed by atoms with van der Waals surface area (Å²) in [5.41, 5.74) is -0.315. The third kappa shape index (κ3) is 14.5. The van der Waals surface area contributed by atoms with Crippen LogP contribution >= 0.6 is 0 Å². The molecule has 37 heavy (non-hydrogen) atoms. The molecule has 2 heterocycles. The summed E-state index contributed by atoms with van der Waals surface area (Å²) in [6, 6.07) is 0. The van der Waals surface area contributed by atoms with Crippen LogP contribution in [0.3, 0.4) is 0 Å². The summed E-state index contributed by atoms with van der Waals surface area (Å²) in [5, 5.41) is 3.23. The van der Waals surface area contributed by atoms with E-state index in [9.17, 15) is 0 Å². The first kappa shape index (κ1) is 37.2. The highest BCUT2D eigenvalue weighted by molar-refractivity contribution is 5.27. The van der Waals surface area contributed by atoms with Gasteiger partial charge in [-0.15, -0.1) is 6.58 Å². The summed E-state index contributed by atoms with van der Waals surface area (Å²) in [6.07, 6.45) is 7.82. The van der Waals surface area contributed by atoms with Gasteiger partial charge in [0, 0.05) is 58.1 Å². The van der Waals surface area contributed by atoms with E-state index in [0.29, 0.717) is 30.4 Å². The van der Waals surface area contributed by atoms with E-state index >= 15 is 0 Å². The maximum atomic E-state index is 5.98. The fourth-order valence-corrected chi connectivity index (χ4v) is 2.71. The number of allylic oxidation sites excluding steroid dienone is 1. The molecule has 0 unspecified atom stereocenters. The van der Waals surface area contributed by atoms with Crippen molar-refractivity contribution in [2.45, 2.75) is 93.5 Å². The topological polar surface area (TPSA) is 74.7 Å². The zero-order chi connectivity index (χ0) is 28.9. The highest BCUT2D eigenvalue weighted by Crippen LogP contribution is 2.38. The number of hydrogen-bond acceptors (Lipinski definition) is 7. The molecule has 1 aliphatic carbocycles. The number of nitrogens with one attached hydrogen (secondary N) is 1. The standard InChI is InChI=1S/C21H31N3O3.C3H6.C2H6O.2C2H6/c1-20(2,21(3,4)14-26-17-10-22-11-17)7-6-19-23-12-18(13-24-19)27-16-8-15(9-16)25-5;2*1-3-2;2*1-2/h12-13,15-17,22H,8-11,14H2,1-5H3;3H,1H2,2H3;1-2H3;2*1-2H3. The molecule has 1 aromatic rings. The molecule has 1 aromatic heterocycles. The van der Waals surface area contributed by atoms with Crippen molar-refractivity contribution in [1.82, 2.24) is 15.3 Å². The van der Waals surface area contributed by atoms with E-state index in [-0.39, 0.29) is 16.9 Å². The van der Waals surface area contributed by atoms with Gasteiger partial charge in [-0.2, -0.15) is 0 Å². The van der Waals surface area contributed by atoms with Gasteiger partial charge in [0.05, 0.1) is 31.2 Å². The Balaban J connectivity index is 0. The molecule has 1 saturated carbocycles. The van der Waals surface area contributed by atoms with Crippen molar-refractivity contribution in [1.29, 1.82) is 0 Å². The Hall–Kier alpha value is -1.98. The quantitative estimate of drug-likeness (QED) is 0.352. The van der Waals surface area contributed by atoms with Crippen molar-refractivity contribution in [2.75, 3.05) is 41.0 Å². The lowest BCUT2D eigenvalue weighted by atomic mass is 9.69. The van der Waals surface area contributed by atoms with Gasteiger partial charge in [-0.25, -0.2) is 9.97 Å². The van der Waals surface area contributed by atoms with Gasteiger partial charge in [-0.3, -0.25) is 0 Å². The second kappa shape index (κ2) is 21.0. The molecule has 7 heteroatoms. The Kier molecular flexibility index (Phi) is 21.1. The van der Waals surface area contributed by atoms with Crippen LogP contribution in [0.4, 0.5) is 0 Å². The van der Waals surface area contributed by atoms with Gasteiger partial charge in [-0.1, -0.05) is 53.5 Å². The van der Waals surface area contributed by atoms with Crippen LogP contribution in [-0.4, -0.2) is 69.3 Å². The number of hydrogen-bond donors (Lipinski definition) is 1. The van der Waals surface area contributed by atoms with E-state index in [1.807, 2.05) is 34.6 Å². The highest BCUT2D eigenvalue weighted by Gasteiger charge is 2.37. The van der Waals surface area contributed by atoms with E-state index in [1.165, 1.54) is 0 Å². The highest BCUT2D eigenvalue weighted by atomic mass is 16.5. The molecule has 1 aliphatic heterocycles. The van der Waals surface area contributed by atoms with Crippen LogP contribution in [0.1, 0.15) is 81.0 Å². The molecule has 2 aliphatic rings. The molecule has 1 saturated heterocycles. The molecule has 0 spiro atoms. The van der Waals surface area contributed by atoms with E-state index in [4.69, 9.17) is 14.2 Å². The van der Waals surface area contributed by atoms with Crippen molar-refractivity contribution < 1.29 is 18.9 Å². The van der Waals surface area contributed by atoms with Gasteiger partial charge in [0.15, 0.2) is 5.75 Å². The normalized spacial score (nSPS) is 17.9. The largest absolute Gasteiger partial charge is 0.487 e. The molecule has 7 nitrogen and oxygen atoms in total. The number of aromatic nitrogens is 2. The molecule has 3 rings (SSSR count). The van der Waals surface area contributed by atoms with E-state index in [0.717, 1.165) is 25.9 Å². The smallest absolute Gasteiger partial charge is 0.205 e. The Bertz CT molecular complexity index is 744. The molecule has 0 radical (unpaired) electrons. The molecule has 214 valence electrons. The third-order valence-corrected chi connectivity index (χ3v) is 5.92. The minimum Gasteiger partial charge on any atom is -0.487 e. The Morgan fingerprint density at radius 3 is 1.86 bits per heavy atom. The molecular formula is C30H55N3O4. The first-order chi connectivity index (χ1) is 17.6. The van der Waals surface area contributed by atoms with E-state index < -0.39 is 0 Å². The Morgan fingerprint density at radius 1 is 0.973 bits per heavy atom. The zero-order valence-corrected chi connectivity index (χ0v) is 25.7. The van der Waals surface area contributed by atoms with Crippen molar-refractivity contribution in [2.24, 2.45) is 10.8 Å². The number of ether oxygens (including phenoxy) is 4. The van der Waals surface area contributed by atoms with Crippen molar-refractivity contribution in [3.63, 3.8) is 0 Å². The molecule has 0 aromatic carbocycles. The number of rotatable bonds is 7. The average molecular weight is 522 g/mol. The molecular weight excluding hydrogens is 466 g/mol. The van der Waals surface area contributed by atoms with Crippen LogP contribution in [0.5, 0.6) is 5.75 Å². The maximum absolute atomic E-state index is 5.98. The summed E-state index contributed by atoms with van der Waals surface area (Å²) < 4.78 is 21.3. The van der Waals surface area contributed by atoms with Crippen LogP contribution in [0.15, 0.2) is 25.0 Å². The van der Waals surface area contributed by atoms with Gasteiger partial charge < -0.3 is 24.3 Å². The predicted octanol–water partition coefficient (Wildman–Crippen LogP) is 5.93. The van der Waals surface area contributed by atoms with Crippen LogP contribution in [-0.2, 0) is 14.2 Å². The Morgan fingerprint density at radius 2 is 1.46 bits per heavy atom. The molecule has 0 atom stereocenters. The van der Waals surface area contributed by atoms with Crippen LogP contribution in [0.25, 0.3) is 0 Å². The lowest BCUT2D eigenvalue weighted by molar-refractivity contribution is -0.0473. The SMILES string of the molecule is C=CC.CC.CC.COC.COC1CC(Oc2cnc(C#CC(C)(C)C(C)(C)COC3CNC3)nc2)C1. The third-order valence-electron chi connectivity index (χ3n) is 5.92. The maximum Gasteiger partial charge on any atom is 0.205 e. The monoisotopic (exact) mass is 521 g/mol. The lowest BCUT2D eigenvalue weighted by Crippen LogP contribution is -2.50. The van der Waals surface area contributed by atoms with Gasteiger partial charge in [-0.05, 0) is 26.7 Å². The minimum absolute atomic E-state index is 0.0826. The first-order valence-corrected chi connectivity index (χ1v) is 13.5. The summed E-state index contributed by atoms with van der Waals surface area (Å²) >= 11 is 0. The first-order valence-electron chi connectivity index (χ1n) is 13.5. The van der Waals surface area contributed by atoms with Crippen LogP contribution < -0.4 is 10.1 Å². The fourth-order valence-electron chi connectivity index (χ4n) is 2.71. The van der Waals surface area contributed by atoms with Crippen molar-refractivity contribution in [3.8, 4) is 17.6 Å². The predicted molar refractivity (Wildman–Crippen MR) is 155 cm³/mol. The minimum atomic E-state index is -0.232.